The molecule has 0 spiro atoms. The second kappa shape index (κ2) is 3.37. The summed E-state index contributed by atoms with van der Waals surface area (Å²) in [5.41, 5.74) is 0. The van der Waals surface area contributed by atoms with E-state index in [0.29, 0.717) is 25.9 Å². The van der Waals surface area contributed by atoms with Crippen LogP contribution in [-0.2, 0) is 9.59 Å². The van der Waals surface area contributed by atoms with E-state index in [0.717, 1.165) is 6.42 Å². The number of carbonyl (C=O) groups is 2. The van der Waals surface area contributed by atoms with Crippen LogP contribution in [0.1, 0.15) is 19.8 Å². The Balaban J connectivity index is 2.56. The highest BCUT2D eigenvalue weighted by molar-refractivity contribution is 5.78. The van der Waals surface area contributed by atoms with Crippen LogP contribution in [0.4, 0.5) is 0 Å². The summed E-state index contributed by atoms with van der Waals surface area (Å²) in [5, 5.41) is 2.92. The lowest BCUT2D eigenvalue weighted by Crippen LogP contribution is -2.42. The van der Waals surface area contributed by atoms with Crippen molar-refractivity contribution < 1.29 is 9.59 Å². The monoisotopic (exact) mass is 156 g/mol. The van der Waals surface area contributed by atoms with Crippen molar-refractivity contribution in [1.82, 2.24) is 10.0 Å². The van der Waals surface area contributed by atoms with E-state index in [1.54, 1.807) is 0 Å². The molecule has 0 aromatic rings. The summed E-state index contributed by atoms with van der Waals surface area (Å²) < 4.78 is 0. The van der Waals surface area contributed by atoms with Gasteiger partial charge in [0.1, 0.15) is 0 Å². The number of hydrogen-bond donors (Lipinski definition) is 0. The Morgan fingerprint density at radius 1 is 1.73 bits per heavy atom. The average Bonchev–Trinajstić information content (AvgIpc) is 2.40. The van der Waals surface area contributed by atoms with Crippen molar-refractivity contribution in [3.8, 4) is 0 Å². The Morgan fingerprint density at radius 2 is 2.45 bits per heavy atom. The largest absolute Gasteiger partial charge is 0.277 e. The van der Waals surface area contributed by atoms with Gasteiger partial charge in [0.2, 0.25) is 12.3 Å². The maximum atomic E-state index is 11.1. The van der Waals surface area contributed by atoms with Gasteiger partial charge in [-0.1, -0.05) is 0 Å². The number of hydrogen-bond acceptors (Lipinski definition) is 2. The number of amides is 2. The van der Waals surface area contributed by atoms with E-state index < -0.39 is 0 Å². The number of hydrazine groups is 1. The minimum absolute atomic E-state index is 0.0546. The van der Waals surface area contributed by atoms with Gasteiger partial charge in [-0.15, -0.1) is 0 Å². The zero-order valence-corrected chi connectivity index (χ0v) is 6.62. The van der Waals surface area contributed by atoms with Crippen LogP contribution in [-0.4, -0.2) is 35.4 Å². The van der Waals surface area contributed by atoms with Crippen LogP contribution in [0.15, 0.2) is 0 Å². The van der Waals surface area contributed by atoms with E-state index >= 15 is 0 Å². The number of rotatable bonds is 3. The highest BCUT2D eigenvalue weighted by Gasteiger charge is 2.23. The predicted molar refractivity (Wildman–Crippen MR) is 39.4 cm³/mol. The van der Waals surface area contributed by atoms with Crippen molar-refractivity contribution in [1.29, 1.82) is 0 Å². The second-order valence-corrected chi connectivity index (χ2v) is 2.48. The zero-order chi connectivity index (χ0) is 8.27. The smallest absolute Gasteiger partial charge is 0.241 e. The van der Waals surface area contributed by atoms with Crippen molar-refractivity contribution in [2.75, 3.05) is 13.1 Å². The first-order chi connectivity index (χ1) is 5.29. The van der Waals surface area contributed by atoms with Crippen molar-refractivity contribution in [2.24, 2.45) is 0 Å². The molecule has 2 amide bonds. The third kappa shape index (κ3) is 1.50. The molecule has 11 heavy (non-hydrogen) atoms. The molecule has 62 valence electrons. The molecule has 1 fully saturated rings. The second-order valence-electron chi connectivity index (χ2n) is 2.48. The molecular formula is C7H12N2O2. The fourth-order valence-corrected chi connectivity index (χ4v) is 1.21. The van der Waals surface area contributed by atoms with Gasteiger partial charge in [0.05, 0.1) is 0 Å². The SMILES string of the molecule is CCN(C=O)N1CCCC1=O. The van der Waals surface area contributed by atoms with Gasteiger partial charge in [0.25, 0.3) is 0 Å². The van der Waals surface area contributed by atoms with Crippen LogP contribution < -0.4 is 0 Å². The topological polar surface area (TPSA) is 40.6 Å². The van der Waals surface area contributed by atoms with Gasteiger partial charge in [0, 0.05) is 19.5 Å². The summed E-state index contributed by atoms with van der Waals surface area (Å²) in [6.07, 6.45) is 2.14. The van der Waals surface area contributed by atoms with Gasteiger partial charge in [-0.25, -0.2) is 0 Å². The van der Waals surface area contributed by atoms with Crippen LogP contribution in [0.5, 0.6) is 0 Å². The lowest BCUT2D eigenvalue weighted by molar-refractivity contribution is -0.151. The molecule has 1 rings (SSSR count). The molecule has 4 heteroatoms. The highest BCUT2D eigenvalue weighted by atomic mass is 16.2. The Kier molecular flexibility index (Phi) is 2.46. The van der Waals surface area contributed by atoms with Gasteiger partial charge >= 0.3 is 0 Å². The van der Waals surface area contributed by atoms with E-state index in [9.17, 15) is 9.59 Å². The van der Waals surface area contributed by atoms with E-state index in [1.807, 2.05) is 6.92 Å². The first-order valence-electron chi connectivity index (χ1n) is 3.81. The van der Waals surface area contributed by atoms with Gasteiger partial charge < -0.3 is 0 Å². The third-order valence-corrected chi connectivity index (χ3v) is 1.80. The Labute approximate surface area is 65.7 Å². The first kappa shape index (κ1) is 8.04. The van der Waals surface area contributed by atoms with Crippen molar-refractivity contribution in [3.63, 3.8) is 0 Å². The summed E-state index contributed by atoms with van der Waals surface area (Å²) in [5.74, 6) is 0.0546. The van der Waals surface area contributed by atoms with Crippen LogP contribution in [0.3, 0.4) is 0 Å². The van der Waals surface area contributed by atoms with Gasteiger partial charge in [0.15, 0.2) is 0 Å². The maximum Gasteiger partial charge on any atom is 0.241 e. The lowest BCUT2D eigenvalue weighted by Gasteiger charge is -2.26. The standard InChI is InChI=1S/C7H12N2O2/c1-2-8(6-10)9-5-3-4-7(9)11/h6H,2-5H2,1H3. The molecule has 0 saturated carbocycles. The van der Waals surface area contributed by atoms with E-state index in [4.69, 9.17) is 0 Å². The molecule has 0 radical (unpaired) electrons. The summed E-state index contributed by atoms with van der Waals surface area (Å²) >= 11 is 0. The molecular weight excluding hydrogens is 144 g/mol. The van der Waals surface area contributed by atoms with Crippen LogP contribution in [0, 0.1) is 0 Å². The predicted octanol–water partition coefficient (Wildman–Crippen LogP) is 0.00210. The molecule has 4 nitrogen and oxygen atoms in total. The van der Waals surface area contributed by atoms with Crippen molar-refractivity contribution >= 4 is 12.3 Å². The molecule has 0 unspecified atom stereocenters. The van der Waals surface area contributed by atoms with E-state index in [-0.39, 0.29) is 5.91 Å². The Bertz CT molecular complexity index is 170. The zero-order valence-electron chi connectivity index (χ0n) is 6.62. The first-order valence-corrected chi connectivity index (χ1v) is 3.81. The normalized spacial score (nSPS) is 17.2. The fourth-order valence-electron chi connectivity index (χ4n) is 1.21. The maximum absolute atomic E-state index is 11.1. The molecule has 1 aliphatic rings. The summed E-state index contributed by atoms with van der Waals surface area (Å²) in [6, 6.07) is 0. The quantitative estimate of drug-likeness (QED) is 0.540. The van der Waals surface area contributed by atoms with E-state index in [2.05, 4.69) is 0 Å². The molecule has 0 N–H and O–H groups in total. The summed E-state index contributed by atoms with van der Waals surface area (Å²) in [4.78, 5) is 21.5. The van der Waals surface area contributed by atoms with Crippen LogP contribution >= 0.6 is 0 Å². The van der Waals surface area contributed by atoms with Gasteiger partial charge in [-0.3, -0.25) is 19.6 Å². The molecule has 0 atom stereocenters. The summed E-state index contributed by atoms with van der Waals surface area (Å²) in [6.45, 7) is 3.10. The molecule has 1 heterocycles. The fraction of sp³-hybridized carbons (Fsp3) is 0.714. The minimum Gasteiger partial charge on any atom is -0.277 e. The highest BCUT2D eigenvalue weighted by Crippen LogP contribution is 2.10. The number of carbonyl (C=O) groups excluding carboxylic acids is 2. The molecule has 0 bridgehead atoms. The molecule has 0 aliphatic carbocycles. The van der Waals surface area contributed by atoms with Crippen molar-refractivity contribution in [2.45, 2.75) is 19.8 Å². The van der Waals surface area contributed by atoms with E-state index in [1.165, 1.54) is 10.0 Å². The molecule has 1 saturated heterocycles. The van der Waals surface area contributed by atoms with Gasteiger partial charge in [-0.05, 0) is 13.3 Å². The lowest BCUT2D eigenvalue weighted by atomic mass is 10.4. The summed E-state index contributed by atoms with van der Waals surface area (Å²) in [7, 11) is 0. The average molecular weight is 156 g/mol. The van der Waals surface area contributed by atoms with Gasteiger partial charge in [-0.2, -0.15) is 0 Å². The molecule has 0 aromatic carbocycles. The minimum atomic E-state index is 0.0546. The van der Waals surface area contributed by atoms with Crippen molar-refractivity contribution in [3.05, 3.63) is 0 Å². The molecule has 0 aromatic heterocycles. The third-order valence-electron chi connectivity index (χ3n) is 1.80. The van der Waals surface area contributed by atoms with Crippen LogP contribution in [0.25, 0.3) is 0 Å². The van der Waals surface area contributed by atoms with Crippen LogP contribution in [0.2, 0.25) is 0 Å². The Hall–Kier alpha value is -1.06. The molecule has 1 aliphatic heterocycles. The Morgan fingerprint density at radius 3 is 2.82 bits per heavy atom. The number of nitrogens with zero attached hydrogens (tertiary/aromatic N) is 2.